The highest BCUT2D eigenvalue weighted by atomic mass is 16.6. The quantitative estimate of drug-likeness (QED) is 0.817. The molecule has 5 nitrogen and oxygen atoms in total. The summed E-state index contributed by atoms with van der Waals surface area (Å²) in [6, 6.07) is 4.87. The van der Waals surface area contributed by atoms with Gasteiger partial charge in [0.2, 0.25) is 0 Å². The molecular formula is C14H19NO4. The summed E-state index contributed by atoms with van der Waals surface area (Å²) in [6.45, 7) is 5.84. The SMILES string of the molecule is CC(C)(C)OC(=O)NC1COc2cc(O)ccc2C1. The molecule has 1 aromatic carbocycles. The van der Waals surface area contributed by atoms with Gasteiger partial charge in [0.15, 0.2) is 0 Å². The molecule has 0 aliphatic carbocycles. The largest absolute Gasteiger partial charge is 0.508 e. The minimum atomic E-state index is -0.511. The number of phenolic OH excluding ortho intramolecular Hbond substituents is 1. The van der Waals surface area contributed by atoms with Gasteiger partial charge in [-0.2, -0.15) is 0 Å². The van der Waals surface area contributed by atoms with Gasteiger partial charge in [0.25, 0.3) is 0 Å². The van der Waals surface area contributed by atoms with E-state index in [1.54, 1.807) is 18.2 Å². The highest BCUT2D eigenvalue weighted by Gasteiger charge is 2.24. The zero-order valence-corrected chi connectivity index (χ0v) is 11.4. The molecule has 0 saturated carbocycles. The summed E-state index contributed by atoms with van der Waals surface area (Å²) in [5, 5.41) is 12.1. The van der Waals surface area contributed by atoms with Crippen LogP contribution in [0.3, 0.4) is 0 Å². The molecule has 0 saturated heterocycles. The average Bonchev–Trinajstić information content (AvgIpc) is 2.26. The van der Waals surface area contributed by atoms with Crippen LogP contribution < -0.4 is 10.1 Å². The lowest BCUT2D eigenvalue weighted by Crippen LogP contribution is -2.44. The van der Waals surface area contributed by atoms with Crippen LogP contribution in [-0.2, 0) is 11.2 Å². The fraction of sp³-hybridized carbons (Fsp3) is 0.500. The Morgan fingerprint density at radius 1 is 1.47 bits per heavy atom. The molecule has 0 aromatic heterocycles. The van der Waals surface area contributed by atoms with Crippen LogP contribution >= 0.6 is 0 Å². The van der Waals surface area contributed by atoms with Gasteiger partial charge in [-0.3, -0.25) is 0 Å². The van der Waals surface area contributed by atoms with Gasteiger partial charge in [0.1, 0.15) is 23.7 Å². The molecule has 1 amide bonds. The summed E-state index contributed by atoms with van der Waals surface area (Å²) >= 11 is 0. The smallest absolute Gasteiger partial charge is 0.408 e. The average molecular weight is 265 g/mol. The van der Waals surface area contributed by atoms with E-state index >= 15 is 0 Å². The standard InChI is InChI=1S/C14H19NO4/c1-14(2,3)19-13(17)15-10-6-9-4-5-11(16)7-12(9)18-8-10/h4-5,7,10,16H,6,8H2,1-3H3,(H,15,17). The Balaban J connectivity index is 1.95. The maximum Gasteiger partial charge on any atom is 0.408 e. The first-order chi connectivity index (χ1) is 8.83. The van der Waals surface area contributed by atoms with E-state index in [9.17, 15) is 9.90 Å². The third-order valence-corrected chi connectivity index (χ3v) is 2.68. The number of ether oxygens (including phenoxy) is 2. The lowest BCUT2D eigenvalue weighted by molar-refractivity contribution is 0.0481. The molecule has 104 valence electrons. The van der Waals surface area contributed by atoms with Gasteiger partial charge in [0, 0.05) is 6.07 Å². The zero-order valence-electron chi connectivity index (χ0n) is 11.4. The predicted molar refractivity (Wildman–Crippen MR) is 70.5 cm³/mol. The molecule has 1 atom stereocenters. The van der Waals surface area contributed by atoms with Gasteiger partial charge in [0.05, 0.1) is 6.04 Å². The van der Waals surface area contributed by atoms with Crippen LogP contribution in [0.25, 0.3) is 0 Å². The van der Waals surface area contributed by atoms with Gasteiger partial charge in [-0.25, -0.2) is 4.79 Å². The van der Waals surface area contributed by atoms with Crippen molar-refractivity contribution in [2.45, 2.75) is 38.8 Å². The van der Waals surface area contributed by atoms with Gasteiger partial charge in [-0.15, -0.1) is 0 Å². The van der Waals surface area contributed by atoms with E-state index < -0.39 is 11.7 Å². The van der Waals surface area contributed by atoms with Crippen LogP contribution in [-0.4, -0.2) is 29.4 Å². The molecule has 0 spiro atoms. The van der Waals surface area contributed by atoms with Crippen LogP contribution in [0.5, 0.6) is 11.5 Å². The zero-order chi connectivity index (χ0) is 14.0. The highest BCUT2D eigenvalue weighted by Crippen LogP contribution is 2.28. The number of hydrogen-bond donors (Lipinski definition) is 2. The second kappa shape index (κ2) is 4.99. The second-order valence-electron chi connectivity index (χ2n) is 5.65. The van der Waals surface area contributed by atoms with Crippen molar-refractivity contribution in [3.05, 3.63) is 23.8 Å². The maximum absolute atomic E-state index is 11.7. The summed E-state index contributed by atoms with van der Waals surface area (Å²) in [7, 11) is 0. The molecule has 0 fully saturated rings. The molecule has 1 aromatic rings. The van der Waals surface area contributed by atoms with Crippen molar-refractivity contribution in [3.8, 4) is 11.5 Å². The fourth-order valence-electron chi connectivity index (χ4n) is 1.93. The monoisotopic (exact) mass is 265 g/mol. The number of aromatic hydroxyl groups is 1. The van der Waals surface area contributed by atoms with Crippen LogP contribution in [0.4, 0.5) is 4.79 Å². The Labute approximate surface area is 112 Å². The number of rotatable bonds is 1. The minimum absolute atomic E-state index is 0.119. The van der Waals surface area contributed by atoms with Crippen molar-refractivity contribution < 1.29 is 19.4 Å². The topological polar surface area (TPSA) is 67.8 Å². The fourth-order valence-corrected chi connectivity index (χ4v) is 1.93. The van der Waals surface area contributed by atoms with Crippen LogP contribution in [0, 0.1) is 0 Å². The van der Waals surface area contributed by atoms with Crippen molar-refractivity contribution in [3.63, 3.8) is 0 Å². The van der Waals surface area contributed by atoms with Crippen LogP contribution in [0.2, 0.25) is 0 Å². The first kappa shape index (κ1) is 13.5. The third-order valence-electron chi connectivity index (χ3n) is 2.68. The number of fused-ring (bicyclic) bond motifs is 1. The first-order valence-corrected chi connectivity index (χ1v) is 6.28. The summed E-state index contributed by atoms with van der Waals surface area (Å²) in [6.07, 6.45) is 0.220. The lowest BCUT2D eigenvalue weighted by atomic mass is 10.0. The highest BCUT2D eigenvalue weighted by molar-refractivity contribution is 5.68. The normalized spacial score (nSPS) is 18.2. The van der Waals surface area contributed by atoms with Crippen molar-refractivity contribution in [2.24, 2.45) is 0 Å². The number of nitrogens with one attached hydrogen (secondary N) is 1. The Kier molecular flexibility index (Phi) is 3.55. The summed E-state index contributed by atoms with van der Waals surface area (Å²) in [5.74, 6) is 0.847. The second-order valence-corrected chi connectivity index (χ2v) is 5.65. The van der Waals surface area contributed by atoms with Crippen molar-refractivity contribution >= 4 is 6.09 Å². The van der Waals surface area contributed by atoms with Gasteiger partial charge in [-0.05, 0) is 38.8 Å². The van der Waals surface area contributed by atoms with E-state index in [4.69, 9.17) is 9.47 Å². The van der Waals surface area contributed by atoms with E-state index in [0.717, 1.165) is 5.56 Å². The molecule has 1 aliphatic heterocycles. The third kappa shape index (κ3) is 3.77. The Morgan fingerprint density at radius 2 is 2.21 bits per heavy atom. The van der Waals surface area contributed by atoms with E-state index in [0.29, 0.717) is 18.8 Å². The molecular weight excluding hydrogens is 246 g/mol. The number of carbonyl (C=O) groups excluding carboxylic acids is 1. The number of alkyl carbamates (subject to hydrolysis) is 1. The maximum atomic E-state index is 11.7. The van der Waals surface area contributed by atoms with E-state index in [1.807, 2.05) is 20.8 Å². The lowest BCUT2D eigenvalue weighted by Gasteiger charge is -2.27. The van der Waals surface area contributed by atoms with Crippen LogP contribution in [0.1, 0.15) is 26.3 Å². The molecule has 5 heteroatoms. The van der Waals surface area contributed by atoms with Crippen molar-refractivity contribution in [2.75, 3.05) is 6.61 Å². The molecule has 19 heavy (non-hydrogen) atoms. The molecule has 0 radical (unpaired) electrons. The van der Waals surface area contributed by atoms with Crippen molar-refractivity contribution in [1.29, 1.82) is 0 Å². The van der Waals surface area contributed by atoms with Gasteiger partial charge < -0.3 is 19.9 Å². The Morgan fingerprint density at radius 3 is 2.89 bits per heavy atom. The molecule has 1 unspecified atom stereocenters. The van der Waals surface area contributed by atoms with Crippen LogP contribution in [0.15, 0.2) is 18.2 Å². The molecule has 2 N–H and O–H groups in total. The first-order valence-electron chi connectivity index (χ1n) is 6.28. The van der Waals surface area contributed by atoms with E-state index in [1.165, 1.54) is 0 Å². The number of phenols is 1. The van der Waals surface area contributed by atoms with Gasteiger partial charge >= 0.3 is 6.09 Å². The Bertz CT molecular complexity index is 479. The number of benzene rings is 1. The summed E-state index contributed by atoms with van der Waals surface area (Å²) in [5.41, 5.74) is 0.452. The van der Waals surface area contributed by atoms with Gasteiger partial charge in [-0.1, -0.05) is 6.07 Å². The number of amides is 1. The van der Waals surface area contributed by atoms with Crippen molar-refractivity contribution in [1.82, 2.24) is 5.32 Å². The minimum Gasteiger partial charge on any atom is -0.508 e. The molecule has 1 heterocycles. The summed E-state index contributed by atoms with van der Waals surface area (Å²) in [4.78, 5) is 11.7. The Hall–Kier alpha value is -1.91. The number of hydrogen-bond acceptors (Lipinski definition) is 4. The van der Waals surface area contributed by atoms with E-state index in [2.05, 4.69) is 5.32 Å². The predicted octanol–water partition coefficient (Wildman–Crippen LogP) is 2.22. The summed E-state index contributed by atoms with van der Waals surface area (Å²) < 4.78 is 10.7. The van der Waals surface area contributed by atoms with E-state index in [-0.39, 0.29) is 11.8 Å². The molecule has 0 bridgehead atoms. The number of carbonyl (C=O) groups is 1. The molecule has 2 rings (SSSR count). The molecule has 1 aliphatic rings.